The topological polar surface area (TPSA) is 54.5 Å². The summed E-state index contributed by atoms with van der Waals surface area (Å²) in [6.45, 7) is 0.468. The van der Waals surface area contributed by atoms with Crippen LogP contribution in [0.1, 0.15) is 21.8 Å². The molecule has 0 N–H and O–H groups in total. The molecule has 0 atom stereocenters. The molecule has 2 aromatic heterocycles. The van der Waals surface area contributed by atoms with Crippen LogP contribution in [0.15, 0.2) is 41.8 Å². The molecule has 0 unspecified atom stereocenters. The van der Waals surface area contributed by atoms with Crippen LogP contribution in [0.4, 0.5) is 4.39 Å². The molecule has 0 amide bonds. The minimum Gasteiger partial charge on any atom is -0.243 e. The molecule has 0 saturated heterocycles. The average molecular weight is 298 g/mol. The van der Waals surface area contributed by atoms with E-state index in [9.17, 15) is 4.39 Å². The molecule has 0 aliphatic rings. The standard InChI is InChI=1S/C15H11FN4S/c16-12-5-3-11(4-6-12)10-20-15(14(9-17)18-19-20)8-13-2-1-7-21-13/h1-7H,8,10H2. The summed E-state index contributed by atoms with van der Waals surface area (Å²) >= 11 is 1.63. The Balaban J connectivity index is 1.90. The fourth-order valence-corrected chi connectivity index (χ4v) is 2.77. The van der Waals surface area contributed by atoms with E-state index in [2.05, 4.69) is 16.4 Å². The predicted octanol–water partition coefficient (Wildman–Crippen LogP) is 2.99. The Morgan fingerprint density at radius 1 is 1.24 bits per heavy atom. The first kappa shape index (κ1) is 13.5. The number of aromatic nitrogens is 3. The molecule has 6 heteroatoms. The molecule has 2 heterocycles. The third-order valence-electron chi connectivity index (χ3n) is 3.11. The summed E-state index contributed by atoms with van der Waals surface area (Å²) in [6, 6.07) is 12.3. The van der Waals surface area contributed by atoms with Gasteiger partial charge in [0.05, 0.1) is 12.2 Å². The molecular weight excluding hydrogens is 287 g/mol. The van der Waals surface area contributed by atoms with Gasteiger partial charge in [-0.15, -0.1) is 16.4 Å². The molecule has 0 aliphatic heterocycles. The van der Waals surface area contributed by atoms with Gasteiger partial charge in [0.1, 0.15) is 11.9 Å². The van der Waals surface area contributed by atoms with E-state index in [-0.39, 0.29) is 5.82 Å². The summed E-state index contributed by atoms with van der Waals surface area (Å²) in [5, 5.41) is 19.1. The summed E-state index contributed by atoms with van der Waals surface area (Å²) in [7, 11) is 0. The van der Waals surface area contributed by atoms with Crippen LogP contribution in [0, 0.1) is 17.1 Å². The number of nitrogens with zero attached hydrogens (tertiary/aromatic N) is 4. The summed E-state index contributed by atoms with van der Waals surface area (Å²) in [4.78, 5) is 1.15. The molecule has 0 spiro atoms. The van der Waals surface area contributed by atoms with Crippen molar-refractivity contribution < 1.29 is 4.39 Å². The molecule has 0 aliphatic carbocycles. The van der Waals surface area contributed by atoms with Crippen LogP contribution in [0.3, 0.4) is 0 Å². The van der Waals surface area contributed by atoms with Crippen molar-refractivity contribution in [2.45, 2.75) is 13.0 Å². The van der Waals surface area contributed by atoms with Gasteiger partial charge < -0.3 is 0 Å². The normalized spacial score (nSPS) is 10.5. The highest BCUT2D eigenvalue weighted by Gasteiger charge is 2.14. The van der Waals surface area contributed by atoms with Crippen molar-refractivity contribution in [1.29, 1.82) is 5.26 Å². The van der Waals surface area contributed by atoms with Gasteiger partial charge >= 0.3 is 0 Å². The van der Waals surface area contributed by atoms with Crippen LogP contribution in [-0.2, 0) is 13.0 Å². The summed E-state index contributed by atoms with van der Waals surface area (Å²) < 4.78 is 14.6. The maximum absolute atomic E-state index is 12.9. The molecule has 104 valence electrons. The minimum absolute atomic E-state index is 0.270. The monoisotopic (exact) mass is 298 g/mol. The first-order chi connectivity index (χ1) is 10.3. The van der Waals surface area contributed by atoms with Crippen molar-refractivity contribution >= 4 is 11.3 Å². The van der Waals surface area contributed by atoms with E-state index in [1.807, 2.05) is 17.5 Å². The van der Waals surface area contributed by atoms with Crippen LogP contribution in [0.2, 0.25) is 0 Å². The van der Waals surface area contributed by atoms with E-state index in [1.54, 1.807) is 28.2 Å². The molecule has 3 rings (SSSR count). The Labute approximate surface area is 125 Å². The Kier molecular flexibility index (Phi) is 3.75. The first-order valence-corrected chi connectivity index (χ1v) is 7.23. The van der Waals surface area contributed by atoms with E-state index in [4.69, 9.17) is 5.26 Å². The first-order valence-electron chi connectivity index (χ1n) is 6.35. The molecule has 0 fully saturated rings. The third-order valence-corrected chi connectivity index (χ3v) is 3.99. The zero-order valence-electron chi connectivity index (χ0n) is 11.0. The van der Waals surface area contributed by atoms with Crippen molar-refractivity contribution in [2.75, 3.05) is 0 Å². The van der Waals surface area contributed by atoms with Gasteiger partial charge in [0.25, 0.3) is 0 Å². The highest BCUT2D eigenvalue weighted by Crippen LogP contribution is 2.17. The number of nitriles is 1. The van der Waals surface area contributed by atoms with Crippen LogP contribution in [0.25, 0.3) is 0 Å². The van der Waals surface area contributed by atoms with Crippen LogP contribution in [0.5, 0.6) is 0 Å². The van der Waals surface area contributed by atoms with Gasteiger partial charge in [-0.3, -0.25) is 0 Å². The Morgan fingerprint density at radius 2 is 2.05 bits per heavy atom. The lowest BCUT2D eigenvalue weighted by molar-refractivity contribution is 0.614. The van der Waals surface area contributed by atoms with E-state index >= 15 is 0 Å². The lowest BCUT2D eigenvalue weighted by atomic mass is 10.2. The summed E-state index contributed by atoms with van der Waals surface area (Å²) in [5.41, 5.74) is 2.04. The van der Waals surface area contributed by atoms with E-state index in [0.717, 1.165) is 16.1 Å². The van der Waals surface area contributed by atoms with Gasteiger partial charge in [0.2, 0.25) is 0 Å². The van der Waals surface area contributed by atoms with Crippen LogP contribution in [-0.4, -0.2) is 15.0 Å². The largest absolute Gasteiger partial charge is 0.243 e. The van der Waals surface area contributed by atoms with Crippen molar-refractivity contribution in [2.24, 2.45) is 0 Å². The van der Waals surface area contributed by atoms with Gasteiger partial charge in [-0.1, -0.05) is 23.4 Å². The number of hydrogen-bond acceptors (Lipinski definition) is 4. The van der Waals surface area contributed by atoms with Gasteiger partial charge in [0.15, 0.2) is 5.69 Å². The maximum atomic E-state index is 12.9. The van der Waals surface area contributed by atoms with Crippen molar-refractivity contribution in [3.8, 4) is 6.07 Å². The number of rotatable bonds is 4. The molecule has 4 nitrogen and oxygen atoms in total. The lowest BCUT2D eigenvalue weighted by Crippen LogP contribution is -2.07. The molecular formula is C15H11FN4S. The van der Waals surface area contributed by atoms with Crippen LogP contribution >= 0.6 is 11.3 Å². The molecule has 0 saturated carbocycles. The molecule has 0 radical (unpaired) electrons. The van der Waals surface area contributed by atoms with Gasteiger partial charge in [0, 0.05) is 11.3 Å². The van der Waals surface area contributed by atoms with E-state index in [1.165, 1.54) is 12.1 Å². The van der Waals surface area contributed by atoms with Gasteiger partial charge in [-0.25, -0.2) is 9.07 Å². The number of halogens is 1. The van der Waals surface area contributed by atoms with Crippen molar-refractivity contribution in [1.82, 2.24) is 15.0 Å². The number of hydrogen-bond donors (Lipinski definition) is 0. The number of thiophene rings is 1. The Morgan fingerprint density at radius 3 is 2.71 bits per heavy atom. The highest BCUT2D eigenvalue weighted by molar-refractivity contribution is 7.09. The smallest absolute Gasteiger partial charge is 0.186 e. The second-order valence-electron chi connectivity index (χ2n) is 4.54. The zero-order chi connectivity index (χ0) is 14.7. The Bertz CT molecular complexity index is 769. The average Bonchev–Trinajstić information content (AvgIpc) is 3.13. The molecule has 21 heavy (non-hydrogen) atoms. The maximum Gasteiger partial charge on any atom is 0.186 e. The summed E-state index contributed by atoms with van der Waals surface area (Å²) in [5.74, 6) is -0.270. The Hall–Kier alpha value is -2.52. The predicted molar refractivity (Wildman–Crippen MR) is 77.4 cm³/mol. The number of benzene rings is 1. The minimum atomic E-state index is -0.270. The highest BCUT2D eigenvalue weighted by atomic mass is 32.1. The van der Waals surface area contributed by atoms with E-state index in [0.29, 0.717) is 18.7 Å². The van der Waals surface area contributed by atoms with Crippen molar-refractivity contribution in [3.05, 3.63) is 69.4 Å². The quantitative estimate of drug-likeness (QED) is 0.744. The molecule has 0 bridgehead atoms. The van der Waals surface area contributed by atoms with Gasteiger partial charge in [-0.2, -0.15) is 5.26 Å². The third kappa shape index (κ3) is 2.98. The second kappa shape index (κ2) is 5.85. The summed E-state index contributed by atoms with van der Waals surface area (Å²) in [6.07, 6.45) is 0.620. The zero-order valence-corrected chi connectivity index (χ0v) is 11.8. The van der Waals surface area contributed by atoms with Crippen LogP contribution < -0.4 is 0 Å². The van der Waals surface area contributed by atoms with Crippen molar-refractivity contribution in [3.63, 3.8) is 0 Å². The van der Waals surface area contributed by atoms with E-state index < -0.39 is 0 Å². The fraction of sp³-hybridized carbons (Fsp3) is 0.133. The molecule has 1 aromatic carbocycles. The van der Waals surface area contributed by atoms with Gasteiger partial charge in [-0.05, 0) is 29.1 Å². The fourth-order valence-electron chi connectivity index (χ4n) is 2.06. The second-order valence-corrected chi connectivity index (χ2v) is 5.57. The lowest BCUT2D eigenvalue weighted by Gasteiger charge is -2.06. The molecule has 3 aromatic rings. The SMILES string of the molecule is N#Cc1nnn(Cc2ccc(F)cc2)c1Cc1cccs1.